The molecule has 6 unspecified atom stereocenters. The molecule has 2 aliphatic heterocycles. The Kier molecular flexibility index (Phi) is 7.22. The summed E-state index contributed by atoms with van der Waals surface area (Å²) in [5.41, 5.74) is 0. The lowest BCUT2D eigenvalue weighted by Crippen LogP contribution is -2.65. The molecule has 0 aliphatic carbocycles. The maximum absolute atomic E-state index is 10.2. The molecule has 0 bridgehead atoms. The van der Waals surface area contributed by atoms with Crippen LogP contribution in [0.4, 0.5) is 0 Å². The Labute approximate surface area is 144 Å². The minimum Gasteiger partial charge on any atom is -0.394 e. The second kappa shape index (κ2) is 8.56. The molecule has 2 saturated heterocycles. The number of likely N-dealkylation sites (N-methyl/N-ethyl adjacent to an activating group) is 1. The van der Waals surface area contributed by atoms with Crippen molar-refractivity contribution in [3.8, 4) is 0 Å². The first-order valence-corrected chi connectivity index (χ1v) is 8.24. The summed E-state index contributed by atoms with van der Waals surface area (Å²) >= 11 is 4.00. The van der Waals surface area contributed by atoms with E-state index in [4.69, 9.17) is 14.2 Å². The summed E-state index contributed by atoms with van der Waals surface area (Å²) in [6.07, 6.45) is -12.7. The minimum atomic E-state index is -1.60. The lowest BCUT2D eigenvalue weighted by Gasteiger charge is -2.46. The second-order valence-electron chi connectivity index (χ2n) is 5.85. The maximum atomic E-state index is 10.2. The summed E-state index contributed by atoms with van der Waals surface area (Å²) in [7, 11) is 1.51. The van der Waals surface area contributed by atoms with Gasteiger partial charge in [-0.3, -0.25) is 5.32 Å². The van der Waals surface area contributed by atoms with Crippen molar-refractivity contribution in [1.82, 2.24) is 5.32 Å². The molecular weight excluding hydrogens is 346 g/mol. The third-order valence-electron chi connectivity index (χ3n) is 4.29. The number of aliphatic hydroxyl groups excluding tert-OH is 6. The molecule has 0 saturated carbocycles. The quantitative estimate of drug-likeness (QED) is 0.222. The van der Waals surface area contributed by atoms with Gasteiger partial charge < -0.3 is 44.8 Å². The highest BCUT2D eigenvalue weighted by atomic mass is 32.1. The Balaban J connectivity index is 2.12. The average Bonchev–Trinajstić information content (AvgIpc) is 2.59. The minimum absolute atomic E-state index is 0.0579. The highest BCUT2D eigenvalue weighted by Gasteiger charge is 2.49. The van der Waals surface area contributed by atoms with Crippen molar-refractivity contribution in [2.75, 3.05) is 19.4 Å². The van der Waals surface area contributed by atoms with E-state index in [-0.39, 0.29) is 5.75 Å². The van der Waals surface area contributed by atoms with Gasteiger partial charge in [0.05, 0.1) is 12.7 Å². The normalized spacial score (nSPS) is 50.0. The van der Waals surface area contributed by atoms with E-state index >= 15 is 0 Å². The van der Waals surface area contributed by atoms with Crippen LogP contribution >= 0.6 is 12.6 Å². The highest BCUT2D eigenvalue weighted by Crippen LogP contribution is 2.28. The summed E-state index contributed by atoms with van der Waals surface area (Å²) in [5.74, 6) is 0.0579. The van der Waals surface area contributed by atoms with Gasteiger partial charge in [-0.2, -0.15) is 12.6 Å². The van der Waals surface area contributed by atoms with Gasteiger partial charge in [0.25, 0.3) is 0 Å². The number of hydrogen-bond acceptors (Lipinski definition) is 11. The Morgan fingerprint density at radius 3 is 2.12 bits per heavy atom. The van der Waals surface area contributed by atoms with Gasteiger partial charge in [-0.25, -0.2) is 0 Å². The van der Waals surface area contributed by atoms with Crippen molar-refractivity contribution in [3.63, 3.8) is 0 Å². The molecular formula is C13H25NO9S. The topological polar surface area (TPSA) is 161 Å². The molecule has 0 amide bonds. The number of rotatable bonds is 5. The fourth-order valence-electron chi connectivity index (χ4n) is 2.83. The number of aliphatic hydroxyl groups is 6. The van der Waals surface area contributed by atoms with Crippen LogP contribution in [0, 0.1) is 0 Å². The van der Waals surface area contributed by atoms with E-state index in [0.29, 0.717) is 0 Å². The number of hydrogen-bond donors (Lipinski definition) is 8. The van der Waals surface area contributed by atoms with Crippen molar-refractivity contribution < 1.29 is 44.8 Å². The van der Waals surface area contributed by atoms with Gasteiger partial charge in [0.1, 0.15) is 49.0 Å². The van der Waals surface area contributed by atoms with Crippen molar-refractivity contribution in [1.29, 1.82) is 0 Å². The van der Waals surface area contributed by atoms with Crippen LogP contribution in [0.2, 0.25) is 0 Å². The van der Waals surface area contributed by atoms with Crippen LogP contribution in [0.5, 0.6) is 0 Å². The van der Waals surface area contributed by atoms with Gasteiger partial charge in [-0.15, -0.1) is 0 Å². The Bertz CT molecular complexity index is 402. The predicted molar refractivity (Wildman–Crippen MR) is 82.2 cm³/mol. The smallest absolute Gasteiger partial charge is 0.187 e. The van der Waals surface area contributed by atoms with Crippen molar-refractivity contribution in [3.05, 3.63) is 0 Å². The van der Waals surface area contributed by atoms with Gasteiger partial charge in [0, 0.05) is 5.75 Å². The molecule has 24 heavy (non-hydrogen) atoms. The van der Waals surface area contributed by atoms with Gasteiger partial charge in [0.2, 0.25) is 0 Å². The molecule has 0 aromatic heterocycles. The Morgan fingerprint density at radius 2 is 1.58 bits per heavy atom. The number of ether oxygens (including phenoxy) is 3. The van der Waals surface area contributed by atoms with E-state index in [2.05, 4.69) is 17.9 Å². The maximum Gasteiger partial charge on any atom is 0.187 e. The van der Waals surface area contributed by atoms with Gasteiger partial charge in [-0.05, 0) is 7.05 Å². The van der Waals surface area contributed by atoms with Crippen molar-refractivity contribution in [2.45, 2.75) is 61.3 Å². The summed E-state index contributed by atoms with van der Waals surface area (Å²) in [6, 6.07) is 0. The lowest BCUT2D eigenvalue weighted by molar-refractivity contribution is -0.338. The third-order valence-corrected chi connectivity index (χ3v) is 4.65. The highest BCUT2D eigenvalue weighted by molar-refractivity contribution is 7.80. The molecule has 0 aromatic rings. The Morgan fingerprint density at radius 1 is 0.917 bits per heavy atom. The van der Waals surface area contributed by atoms with Crippen molar-refractivity contribution >= 4 is 12.6 Å². The van der Waals surface area contributed by atoms with Crippen LogP contribution in [0.3, 0.4) is 0 Å². The van der Waals surface area contributed by atoms with E-state index in [1.54, 1.807) is 0 Å². The van der Waals surface area contributed by atoms with Gasteiger partial charge in [-0.1, -0.05) is 0 Å². The number of thiol groups is 1. The van der Waals surface area contributed by atoms with E-state index in [1.165, 1.54) is 7.05 Å². The second-order valence-corrected chi connectivity index (χ2v) is 6.21. The third kappa shape index (κ3) is 3.86. The van der Waals surface area contributed by atoms with Gasteiger partial charge >= 0.3 is 0 Å². The molecule has 2 rings (SSSR count). The zero-order valence-corrected chi connectivity index (χ0v) is 13.9. The van der Waals surface area contributed by atoms with E-state index in [1.807, 2.05) is 0 Å². The molecule has 2 heterocycles. The molecule has 0 radical (unpaired) electrons. The first-order valence-electron chi connectivity index (χ1n) is 7.61. The molecule has 0 spiro atoms. The fraction of sp³-hybridized carbons (Fsp3) is 1.00. The van der Waals surface area contributed by atoms with Crippen LogP contribution in [-0.2, 0) is 14.2 Å². The van der Waals surface area contributed by atoms with Crippen LogP contribution < -0.4 is 5.32 Å². The zero-order chi connectivity index (χ0) is 18.0. The van der Waals surface area contributed by atoms with E-state index in [0.717, 1.165) is 0 Å². The zero-order valence-electron chi connectivity index (χ0n) is 13.0. The SMILES string of the molecule is CN[C@@H]1OC(CO)[C@@H](O[C@@H]2OC(CS)[C@H](O)C(O)C2O)C(O)C1O. The van der Waals surface area contributed by atoms with Crippen LogP contribution in [0.25, 0.3) is 0 Å². The fourth-order valence-corrected chi connectivity index (χ4v) is 3.13. The summed E-state index contributed by atoms with van der Waals surface area (Å²) in [5, 5.41) is 62.0. The van der Waals surface area contributed by atoms with E-state index < -0.39 is 68.0 Å². The molecule has 10 nitrogen and oxygen atoms in total. The predicted octanol–water partition coefficient (Wildman–Crippen LogP) is -4.23. The summed E-state index contributed by atoms with van der Waals surface area (Å²) in [6.45, 7) is -0.517. The molecule has 2 fully saturated rings. The summed E-state index contributed by atoms with van der Waals surface area (Å²) in [4.78, 5) is 0. The standard InChI is InChI=1S/C13H25NO9S/c1-14-12-9(19)8(18)11(4(2-15)21-12)23-13-10(20)7(17)6(16)5(3-24)22-13/h4-20,24H,2-3H2,1H3/t4?,5?,6-,7?,8?,9?,10?,11+,12+,13-/m0/s1. The Hall–Kier alpha value is -0.0500. The average molecular weight is 371 g/mol. The summed E-state index contributed by atoms with van der Waals surface area (Å²) < 4.78 is 16.2. The number of nitrogens with one attached hydrogen (secondary N) is 1. The molecule has 142 valence electrons. The van der Waals surface area contributed by atoms with Crippen LogP contribution in [0.15, 0.2) is 0 Å². The first-order chi connectivity index (χ1) is 11.3. The molecule has 10 atom stereocenters. The molecule has 11 heteroatoms. The molecule has 2 aliphatic rings. The van der Waals surface area contributed by atoms with Gasteiger partial charge in [0.15, 0.2) is 6.29 Å². The lowest BCUT2D eigenvalue weighted by atomic mass is 9.96. The van der Waals surface area contributed by atoms with Crippen molar-refractivity contribution in [2.24, 2.45) is 0 Å². The van der Waals surface area contributed by atoms with Crippen LogP contribution in [0.1, 0.15) is 0 Å². The monoisotopic (exact) mass is 371 g/mol. The first kappa shape index (κ1) is 20.3. The van der Waals surface area contributed by atoms with E-state index in [9.17, 15) is 30.6 Å². The van der Waals surface area contributed by atoms with Crippen LogP contribution in [-0.4, -0.2) is 111 Å². The largest absolute Gasteiger partial charge is 0.394 e. The molecule has 0 aromatic carbocycles. The molecule has 7 N–H and O–H groups in total.